The number of halogens is 1. The SMILES string of the molecule is CO/C=C(\Cl)OC. The molecule has 0 radical (unpaired) electrons. The van der Waals surface area contributed by atoms with E-state index in [1.807, 2.05) is 0 Å². The second-order valence-electron chi connectivity index (χ2n) is 0.862. The van der Waals surface area contributed by atoms with Gasteiger partial charge in [-0.25, -0.2) is 0 Å². The Labute approximate surface area is 47.7 Å². The maximum absolute atomic E-state index is 5.28. The van der Waals surface area contributed by atoms with Crippen LogP contribution in [0, 0.1) is 0 Å². The van der Waals surface area contributed by atoms with Crippen LogP contribution in [0.1, 0.15) is 0 Å². The minimum atomic E-state index is 0.252. The fraction of sp³-hybridized carbons (Fsp3) is 0.500. The first-order chi connectivity index (χ1) is 3.31. The molecule has 2 nitrogen and oxygen atoms in total. The van der Waals surface area contributed by atoms with E-state index in [4.69, 9.17) is 11.6 Å². The van der Waals surface area contributed by atoms with Crippen molar-refractivity contribution in [2.24, 2.45) is 0 Å². The summed E-state index contributed by atoms with van der Waals surface area (Å²) in [4.78, 5) is 0. The fourth-order valence-electron chi connectivity index (χ4n) is 0.141. The molecule has 42 valence electrons. The van der Waals surface area contributed by atoms with Gasteiger partial charge in [-0.1, -0.05) is 0 Å². The Morgan fingerprint density at radius 2 is 2.14 bits per heavy atom. The van der Waals surface area contributed by atoms with Crippen molar-refractivity contribution in [3.8, 4) is 0 Å². The van der Waals surface area contributed by atoms with Crippen molar-refractivity contribution in [3.63, 3.8) is 0 Å². The normalized spacial score (nSPS) is 11.0. The molecule has 0 aromatic rings. The molecule has 0 N–H and O–H groups in total. The highest BCUT2D eigenvalue weighted by molar-refractivity contribution is 6.28. The van der Waals surface area contributed by atoms with E-state index in [9.17, 15) is 0 Å². The molecular formula is C4H7ClO2. The van der Waals surface area contributed by atoms with E-state index in [0.29, 0.717) is 0 Å². The molecule has 0 rings (SSSR count). The van der Waals surface area contributed by atoms with Gasteiger partial charge in [-0.3, -0.25) is 0 Å². The molecule has 0 heterocycles. The molecule has 0 unspecified atom stereocenters. The van der Waals surface area contributed by atoms with E-state index >= 15 is 0 Å². The second-order valence-corrected chi connectivity index (χ2v) is 1.23. The van der Waals surface area contributed by atoms with Crippen LogP contribution in [0.5, 0.6) is 0 Å². The van der Waals surface area contributed by atoms with Crippen molar-refractivity contribution in [1.82, 2.24) is 0 Å². The van der Waals surface area contributed by atoms with Crippen molar-refractivity contribution in [2.75, 3.05) is 14.2 Å². The van der Waals surface area contributed by atoms with Crippen LogP contribution >= 0.6 is 11.6 Å². The highest BCUT2D eigenvalue weighted by atomic mass is 35.5. The van der Waals surface area contributed by atoms with Gasteiger partial charge in [-0.15, -0.1) is 0 Å². The monoisotopic (exact) mass is 122 g/mol. The Balaban J connectivity index is 3.29. The molecule has 0 aliphatic carbocycles. The molecule has 0 saturated carbocycles. The van der Waals surface area contributed by atoms with E-state index in [-0.39, 0.29) is 5.22 Å². The summed E-state index contributed by atoms with van der Waals surface area (Å²) < 4.78 is 8.97. The number of methoxy groups -OCH3 is 2. The van der Waals surface area contributed by atoms with Crippen LogP contribution in [0.4, 0.5) is 0 Å². The molecule has 0 spiro atoms. The van der Waals surface area contributed by atoms with E-state index in [2.05, 4.69) is 9.47 Å². The highest BCUT2D eigenvalue weighted by Crippen LogP contribution is 1.98. The largest absolute Gasteiger partial charge is 0.500 e. The quantitative estimate of drug-likeness (QED) is 0.515. The average Bonchev–Trinajstić information content (AvgIpc) is 1.68. The maximum atomic E-state index is 5.28. The zero-order chi connectivity index (χ0) is 5.70. The number of hydrogen-bond acceptors (Lipinski definition) is 2. The number of ether oxygens (including phenoxy) is 2. The zero-order valence-corrected chi connectivity index (χ0v) is 5.03. The molecule has 7 heavy (non-hydrogen) atoms. The first kappa shape index (κ1) is 6.63. The minimum absolute atomic E-state index is 0.252. The van der Waals surface area contributed by atoms with Crippen LogP contribution in [0.15, 0.2) is 11.5 Å². The van der Waals surface area contributed by atoms with Gasteiger partial charge in [0.1, 0.15) is 6.26 Å². The Hall–Kier alpha value is -0.370. The summed E-state index contributed by atoms with van der Waals surface area (Å²) in [6.45, 7) is 0. The predicted octanol–water partition coefficient (Wildman–Crippen LogP) is 1.32. The third-order valence-corrected chi connectivity index (χ3v) is 0.649. The van der Waals surface area contributed by atoms with Crippen LogP contribution < -0.4 is 0 Å². The maximum Gasteiger partial charge on any atom is 0.222 e. The molecule has 3 heteroatoms. The summed E-state index contributed by atoms with van der Waals surface area (Å²) in [5.41, 5.74) is 0. The molecular weight excluding hydrogens is 115 g/mol. The molecule has 0 atom stereocenters. The summed E-state index contributed by atoms with van der Waals surface area (Å²) in [5, 5.41) is 0.252. The molecule has 0 aromatic carbocycles. The molecule has 0 amide bonds. The fourth-order valence-corrected chi connectivity index (χ4v) is 0.230. The molecule has 0 bridgehead atoms. The zero-order valence-electron chi connectivity index (χ0n) is 4.27. The standard InChI is InChI=1S/C4H7ClO2/c1-6-3-4(5)7-2/h3H,1-2H3/b4-3+. The third kappa shape index (κ3) is 3.46. The van der Waals surface area contributed by atoms with Crippen molar-refractivity contribution in [3.05, 3.63) is 11.5 Å². The van der Waals surface area contributed by atoms with Crippen LogP contribution in [0.25, 0.3) is 0 Å². The lowest BCUT2D eigenvalue weighted by molar-refractivity contribution is 0.272. The molecule has 0 aliphatic heterocycles. The molecule has 0 saturated heterocycles. The molecule has 0 fully saturated rings. The highest BCUT2D eigenvalue weighted by Gasteiger charge is 1.81. The lowest BCUT2D eigenvalue weighted by atomic mass is 11.0. The van der Waals surface area contributed by atoms with Crippen LogP contribution in [0.2, 0.25) is 0 Å². The smallest absolute Gasteiger partial charge is 0.222 e. The lowest BCUT2D eigenvalue weighted by Gasteiger charge is -1.91. The number of hydrogen-bond donors (Lipinski definition) is 0. The Morgan fingerprint density at radius 3 is 2.29 bits per heavy atom. The topological polar surface area (TPSA) is 18.5 Å². The first-order valence-corrected chi connectivity index (χ1v) is 2.11. The average molecular weight is 123 g/mol. The van der Waals surface area contributed by atoms with Gasteiger partial charge in [0, 0.05) is 0 Å². The summed E-state index contributed by atoms with van der Waals surface area (Å²) in [6.07, 6.45) is 1.31. The van der Waals surface area contributed by atoms with Crippen LogP contribution in [-0.4, -0.2) is 14.2 Å². The summed E-state index contributed by atoms with van der Waals surface area (Å²) in [6, 6.07) is 0. The van der Waals surface area contributed by atoms with Gasteiger partial charge in [-0.2, -0.15) is 0 Å². The van der Waals surface area contributed by atoms with Crippen molar-refractivity contribution >= 4 is 11.6 Å². The summed E-state index contributed by atoms with van der Waals surface area (Å²) >= 11 is 5.28. The lowest BCUT2D eigenvalue weighted by Crippen LogP contribution is -1.75. The van der Waals surface area contributed by atoms with E-state index in [1.54, 1.807) is 0 Å². The van der Waals surface area contributed by atoms with Crippen molar-refractivity contribution < 1.29 is 9.47 Å². The van der Waals surface area contributed by atoms with Gasteiger partial charge < -0.3 is 9.47 Å². The molecule has 0 aromatic heterocycles. The van der Waals surface area contributed by atoms with Gasteiger partial charge in [-0.05, 0) is 11.6 Å². The van der Waals surface area contributed by atoms with Crippen molar-refractivity contribution in [2.45, 2.75) is 0 Å². The van der Waals surface area contributed by atoms with Gasteiger partial charge in [0.05, 0.1) is 14.2 Å². The third-order valence-electron chi connectivity index (χ3n) is 0.406. The van der Waals surface area contributed by atoms with Gasteiger partial charge in [0.15, 0.2) is 0 Å². The Bertz CT molecular complexity index is 70.1. The summed E-state index contributed by atoms with van der Waals surface area (Å²) in [7, 11) is 2.97. The second kappa shape index (κ2) is 3.81. The van der Waals surface area contributed by atoms with E-state index < -0.39 is 0 Å². The van der Waals surface area contributed by atoms with Gasteiger partial charge in [0.25, 0.3) is 0 Å². The number of rotatable bonds is 2. The van der Waals surface area contributed by atoms with E-state index in [0.717, 1.165) is 0 Å². The van der Waals surface area contributed by atoms with E-state index in [1.165, 1.54) is 20.5 Å². The molecule has 0 aliphatic rings. The van der Waals surface area contributed by atoms with Gasteiger partial charge >= 0.3 is 0 Å². The van der Waals surface area contributed by atoms with Crippen LogP contribution in [0.3, 0.4) is 0 Å². The van der Waals surface area contributed by atoms with Gasteiger partial charge in [0.2, 0.25) is 5.22 Å². The predicted molar refractivity (Wildman–Crippen MR) is 28.0 cm³/mol. The Kier molecular flexibility index (Phi) is 3.61. The van der Waals surface area contributed by atoms with Crippen LogP contribution in [-0.2, 0) is 9.47 Å². The Morgan fingerprint density at radius 1 is 1.57 bits per heavy atom. The first-order valence-electron chi connectivity index (χ1n) is 1.73. The minimum Gasteiger partial charge on any atom is -0.500 e. The summed E-state index contributed by atoms with van der Waals surface area (Å²) in [5.74, 6) is 0. The van der Waals surface area contributed by atoms with Crippen molar-refractivity contribution in [1.29, 1.82) is 0 Å².